The van der Waals surface area contributed by atoms with Gasteiger partial charge in [0.1, 0.15) is 0 Å². The van der Waals surface area contributed by atoms with Crippen molar-refractivity contribution in [3.63, 3.8) is 0 Å². The molecule has 0 saturated carbocycles. The topological polar surface area (TPSA) is 20.2 Å². The molecule has 0 aromatic rings. The third-order valence-corrected chi connectivity index (χ3v) is 1.91. The maximum absolute atomic E-state index is 9.58. The molecule has 1 nitrogen and oxygen atoms in total. The monoisotopic (exact) mass is 142 g/mol. The quantitative estimate of drug-likeness (QED) is 0.600. The van der Waals surface area contributed by atoms with E-state index in [-0.39, 0.29) is 0 Å². The van der Waals surface area contributed by atoms with Crippen molar-refractivity contribution in [3.8, 4) is 0 Å². The van der Waals surface area contributed by atoms with Gasteiger partial charge in [-0.1, -0.05) is 18.6 Å². The lowest BCUT2D eigenvalue weighted by Gasteiger charge is -2.21. The van der Waals surface area contributed by atoms with Crippen LogP contribution in [-0.2, 0) is 0 Å². The molecule has 0 heterocycles. The van der Waals surface area contributed by atoms with E-state index in [1.54, 1.807) is 0 Å². The highest BCUT2D eigenvalue weighted by atomic mass is 16.3. The molecule has 0 aromatic heterocycles. The van der Waals surface area contributed by atoms with Gasteiger partial charge in [0.25, 0.3) is 0 Å². The highest BCUT2D eigenvalue weighted by molar-refractivity contribution is 5.00. The second kappa shape index (κ2) is 3.77. The molecular weight excluding hydrogens is 124 g/mol. The second-order valence-corrected chi connectivity index (χ2v) is 3.16. The van der Waals surface area contributed by atoms with Gasteiger partial charge in [0.05, 0.1) is 5.60 Å². The largest absolute Gasteiger partial charge is 0.390 e. The Bertz CT molecular complexity index is 123. The van der Waals surface area contributed by atoms with Crippen molar-refractivity contribution >= 4 is 0 Å². The number of allylic oxidation sites excluding steroid dienone is 1. The minimum Gasteiger partial charge on any atom is -0.390 e. The van der Waals surface area contributed by atoms with E-state index in [1.165, 1.54) is 5.57 Å². The van der Waals surface area contributed by atoms with Crippen LogP contribution in [0.25, 0.3) is 0 Å². The lowest BCUT2D eigenvalue weighted by atomic mass is 9.95. The van der Waals surface area contributed by atoms with Gasteiger partial charge < -0.3 is 5.11 Å². The van der Waals surface area contributed by atoms with Crippen LogP contribution in [0.3, 0.4) is 0 Å². The van der Waals surface area contributed by atoms with Gasteiger partial charge in [-0.3, -0.25) is 0 Å². The molecule has 0 fully saturated rings. The predicted molar refractivity (Wildman–Crippen MR) is 45.0 cm³/mol. The molecule has 0 aliphatic carbocycles. The van der Waals surface area contributed by atoms with Gasteiger partial charge in [-0.05, 0) is 33.6 Å². The van der Waals surface area contributed by atoms with Crippen molar-refractivity contribution in [1.82, 2.24) is 0 Å². The van der Waals surface area contributed by atoms with Crippen molar-refractivity contribution < 1.29 is 5.11 Å². The Hall–Kier alpha value is -0.300. The minimum atomic E-state index is -0.503. The molecule has 0 bridgehead atoms. The van der Waals surface area contributed by atoms with Crippen LogP contribution in [0, 0.1) is 0 Å². The molecule has 0 aromatic carbocycles. The number of hydrogen-bond acceptors (Lipinski definition) is 1. The molecule has 10 heavy (non-hydrogen) atoms. The Morgan fingerprint density at radius 3 is 2.40 bits per heavy atom. The van der Waals surface area contributed by atoms with Crippen molar-refractivity contribution in [1.29, 1.82) is 0 Å². The van der Waals surface area contributed by atoms with Crippen LogP contribution in [0.4, 0.5) is 0 Å². The van der Waals surface area contributed by atoms with E-state index in [9.17, 15) is 5.11 Å². The van der Waals surface area contributed by atoms with E-state index < -0.39 is 5.60 Å². The van der Waals surface area contributed by atoms with E-state index in [4.69, 9.17) is 0 Å². The summed E-state index contributed by atoms with van der Waals surface area (Å²) in [6, 6.07) is 0. The molecule has 60 valence electrons. The van der Waals surface area contributed by atoms with Crippen LogP contribution >= 0.6 is 0 Å². The average Bonchev–Trinajstić information content (AvgIpc) is 1.87. The summed E-state index contributed by atoms with van der Waals surface area (Å²) in [5.41, 5.74) is 0.753. The Morgan fingerprint density at radius 1 is 1.60 bits per heavy atom. The van der Waals surface area contributed by atoms with Crippen LogP contribution in [0.15, 0.2) is 11.6 Å². The van der Waals surface area contributed by atoms with Crippen molar-refractivity contribution in [2.24, 2.45) is 0 Å². The van der Waals surface area contributed by atoms with E-state index in [0.717, 1.165) is 12.8 Å². The van der Waals surface area contributed by atoms with Crippen LogP contribution in [0.5, 0.6) is 0 Å². The van der Waals surface area contributed by atoms with E-state index in [2.05, 4.69) is 0 Å². The van der Waals surface area contributed by atoms with Crippen molar-refractivity contribution in [3.05, 3.63) is 11.6 Å². The SMILES string of the molecule is C/C=C(\C)CC(C)(O)CC. The average molecular weight is 142 g/mol. The molecule has 0 saturated heterocycles. The van der Waals surface area contributed by atoms with Crippen LogP contribution < -0.4 is 0 Å². The smallest absolute Gasteiger partial charge is 0.0654 e. The first kappa shape index (κ1) is 9.70. The fourth-order valence-corrected chi connectivity index (χ4v) is 0.828. The number of aliphatic hydroxyl groups is 1. The van der Waals surface area contributed by atoms with Gasteiger partial charge in [0.2, 0.25) is 0 Å². The molecule has 1 unspecified atom stereocenters. The molecular formula is C9H18O. The highest BCUT2D eigenvalue weighted by Crippen LogP contribution is 2.18. The first-order valence-corrected chi connectivity index (χ1v) is 3.86. The Balaban J connectivity index is 3.88. The third kappa shape index (κ3) is 3.67. The van der Waals surface area contributed by atoms with Gasteiger partial charge in [0.15, 0.2) is 0 Å². The number of rotatable bonds is 3. The Kier molecular flexibility index (Phi) is 3.66. The van der Waals surface area contributed by atoms with Crippen LogP contribution in [0.1, 0.15) is 40.5 Å². The van der Waals surface area contributed by atoms with Gasteiger partial charge in [-0.25, -0.2) is 0 Å². The first-order chi connectivity index (χ1) is 4.52. The summed E-state index contributed by atoms with van der Waals surface area (Å²) < 4.78 is 0. The van der Waals surface area contributed by atoms with Crippen molar-refractivity contribution in [2.45, 2.75) is 46.1 Å². The zero-order valence-corrected chi connectivity index (χ0v) is 7.44. The lowest BCUT2D eigenvalue weighted by molar-refractivity contribution is 0.0564. The van der Waals surface area contributed by atoms with Crippen molar-refractivity contribution in [2.75, 3.05) is 0 Å². The Morgan fingerprint density at radius 2 is 2.10 bits per heavy atom. The number of hydrogen-bond donors (Lipinski definition) is 1. The summed E-state index contributed by atoms with van der Waals surface area (Å²) >= 11 is 0. The van der Waals surface area contributed by atoms with Crippen LogP contribution in [-0.4, -0.2) is 10.7 Å². The molecule has 0 spiro atoms. The zero-order valence-electron chi connectivity index (χ0n) is 7.44. The normalized spacial score (nSPS) is 18.7. The molecule has 0 aliphatic rings. The molecule has 0 radical (unpaired) electrons. The van der Waals surface area contributed by atoms with E-state index in [1.807, 2.05) is 33.8 Å². The summed E-state index contributed by atoms with van der Waals surface area (Å²) in [5.74, 6) is 0. The van der Waals surface area contributed by atoms with Crippen LogP contribution in [0.2, 0.25) is 0 Å². The summed E-state index contributed by atoms with van der Waals surface area (Å²) in [6.45, 7) is 7.92. The fraction of sp³-hybridized carbons (Fsp3) is 0.778. The standard InChI is InChI=1S/C9H18O/c1-5-8(3)7-9(4,10)6-2/h5,10H,6-7H2,1-4H3/b8-5+. The van der Waals surface area contributed by atoms with Gasteiger partial charge in [-0.2, -0.15) is 0 Å². The predicted octanol–water partition coefficient (Wildman–Crippen LogP) is 2.50. The fourth-order valence-electron chi connectivity index (χ4n) is 0.828. The Labute approximate surface area is 63.8 Å². The molecule has 1 heteroatoms. The second-order valence-electron chi connectivity index (χ2n) is 3.16. The first-order valence-electron chi connectivity index (χ1n) is 3.86. The highest BCUT2D eigenvalue weighted by Gasteiger charge is 2.16. The molecule has 1 atom stereocenters. The maximum Gasteiger partial charge on any atom is 0.0654 e. The lowest BCUT2D eigenvalue weighted by Crippen LogP contribution is -2.22. The summed E-state index contributed by atoms with van der Waals surface area (Å²) in [7, 11) is 0. The van der Waals surface area contributed by atoms with Gasteiger partial charge >= 0.3 is 0 Å². The molecule has 1 N–H and O–H groups in total. The summed E-state index contributed by atoms with van der Waals surface area (Å²) in [4.78, 5) is 0. The maximum atomic E-state index is 9.58. The summed E-state index contributed by atoms with van der Waals surface area (Å²) in [6.07, 6.45) is 3.66. The molecule has 0 amide bonds. The summed E-state index contributed by atoms with van der Waals surface area (Å²) in [5, 5.41) is 9.58. The third-order valence-electron chi connectivity index (χ3n) is 1.91. The van der Waals surface area contributed by atoms with Gasteiger partial charge in [-0.15, -0.1) is 0 Å². The molecule has 0 aliphatic heterocycles. The minimum absolute atomic E-state index is 0.503. The molecule has 0 rings (SSSR count). The van der Waals surface area contributed by atoms with E-state index in [0.29, 0.717) is 0 Å². The van der Waals surface area contributed by atoms with Gasteiger partial charge in [0, 0.05) is 0 Å². The van der Waals surface area contributed by atoms with E-state index >= 15 is 0 Å². The zero-order chi connectivity index (χ0) is 8.20.